The van der Waals surface area contributed by atoms with Crippen LogP contribution in [0, 0.1) is 11.3 Å². The normalized spacial score (nSPS) is 31.8. The van der Waals surface area contributed by atoms with Crippen LogP contribution in [-0.2, 0) is 9.47 Å². The Morgan fingerprint density at radius 2 is 1.95 bits per heavy atom. The smallest absolute Gasteiger partial charge is 0.410 e. The molecule has 0 aliphatic carbocycles. The van der Waals surface area contributed by atoms with Gasteiger partial charge < -0.3 is 9.47 Å². The highest BCUT2D eigenvalue weighted by molar-refractivity contribution is 5.70. The molecule has 1 amide bonds. The van der Waals surface area contributed by atoms with Crippen LogP contribution >= 0.6 is 0 Å². The van der Waals surface area contributed by atoms with Crippen molar-refractivity contribution in [3.8, 4) is 6.07 Å². The number of hydrogen-bond acceptors (Lipinski definition) is 5. The quantitative estimate of drug-likeness (QED) is 0.715. The number of piperidine rings is 1. The Morgan fingerprint density at radius 1 is 1.35 bits per heavy atom. The fourth-order valence-corrected chi connectivity index (χ4v) is 3.19. The van der Waals surface area contributed by atoms with Crippen molar-refractivity contribution >= 4 is 6.09 Å². The first-order valence-corrected chi connectivity index (χ1v) is 7.10. The fraction of sp³-hybridized carbons (Fsp3) is 0.857. The lowest BCUT2D eigenvalue weighted by atomic mass is 9.83. The fourth-order valence-electron chi connectivity index (χ4n) is 3.19. The highest BCUT2D eigenvalue weighted by Crippen LogP contribution is 2.38. The highest BCUT2D eigenvalue weighted by Gasteiger charge is 2.55. The molecule has 2 atom stereocenters. The lowest BCUT2D eigenvalue weighted by molar-refractivity contribution is -0.159. The van der Waals surface area contributed by atoms with Crippen LogP contribution < -0.4 is 0 Å². The molecule has 0 aromatic carbocycles. The summed E-state index contributed by atoms with van der Waals surface area (Å²) in [5.74, 6) is 0. The zero-order valence-electron chi connectivity index (χ0n) is 12.3. The van der Waals surface area contributed by atoms with Gasteiger partial charge >= 0.3 is 6.09 Å². The van der Waals surface area contributed by atoms with Crippen LogP contribution in [0.3, 0.4) is 0 Å². The maximum atomic E-state index is 12.2. The monoisotopic (exact) mass is 279 g/mol. The first kappa shape index (κ1) is 13.7. The Bertz CT molecular complexity index is 449. The lowest BCUT2D eigenvalue weighted by Crippen LogP contribution is -2.76. The summed E-state index contributed by atoms with van der Waals surface area (Å²) in [5, 5.41) is 9.34. The molecule has 20 heavy (non-hydrogen) atoms. The summed E-state index contributed by atoms with van der Waals surface area (Å²) in [6, 6.07) is 2.73. The maximum absolute atomic E-state index is 12.2. The first-order chi connectivity index (χ1) is 9.35. The van der Waals surface area contributed by atoms with Crippen molar-refractivity contribution in [2.45, 2.75) is 50.4 Å². The van der Waals surface area contributed by atoms with E-state index in [-0.39, 0.29) is 18.2 Å². The van der Waals surface area contributed by atoms with Gasteiger partial charge in [0.1, 0.15) is 5.60 Å². The minimum absolute atomic E-state index is 0.175. The molecule has 110 valence electrons. The van der Waals surface area contributed by atoms with Gasteiger partial charge in [-0.25, -0.2) is 4.79 Å². The van der Waals surface area contributed by atoms with Crippen molar-refractivity contribution in [2.75, 3.05) is 26.3 Å². The molecule has 6 heteroatoms. The number of fused-ring (bicyclic) bond motifs is 2. The van der Waals surface area contributed by atoms with Gasteiger partial charge in [0.15, 0.2) is 5.54 Å². The van der Waals surface area contributed by atoms with E-state index in [1.165, 1.54) is 0 Å². The summed E-state index contributed by atoms with van der Waals surface area (Å²) in [6.45, 7) is 8.08. The molecular formula is C14H21N3O3. The highest BCUT2D eigenvalue weighted by atomic mass is 16.6. The van der Waals surface area contributed by atoms with Crippen molar-refractivity contribution in [1.29, 1.82) is 5.26 Å². The number of piperazine rings is 1. The van der Waals surface area contributed by atoms with E-state index in [0.717, 1.165) is 19.5 Å². The van der Waals surface area contributed by atoms with Gasteiger partial charge in [-0.15, -0.1) is 0 Å². The summed E-state index contributed by atoms with van der Waals surface area (Å²) in [4.78, 5) is 16.2. The number of carbonyl (C=O) groups is 1. The number of ether oxygens (including phenoxy) is 2. The average Bonchev–Trinajstić information content (AvgIpc) is 2.25. The average molecular weight is 279 g/mol. The Morgan fingerprint density at radius 3 is 2.35 bits per heavy atom. The molecule has 4 heterocycles. The van der Waals surface area contributed by atoms with Gasteiger partial charge in [-0.3, -0.25) is 9.80 Å². The molecule has 0 radical (unpaired) electrons. The van der Waals surface area contributed by atoms with Crippen molar-refractivity contribution < 1.29 is 14.3 Å². The van der Waals surface area contributed by atoms with E-state index >= 15 is 0 Å². The van der Waals surface area contributed by atoms with E-state index in [2.05, 4.69) is 11.0 Å². The molecule has 4 saturated heterocycles. The minimum Gasteiger partial charge on any atom is -0.444 e. The van der Waals surface area contributed by atoms with Crippen molar-refractivity contribution in [3.63, 3.8) is 0 Å². The van der Waals surface area contributed by atoms with Crippen LogP contribution in [0.5, 0.6) is 0 Å². The predicted octanol–water partition coefficient (Wildman–Crippen LogP) is 0.973. The maximum Gasteiger partial charge on any atom is 0.410 e. The lowest BCUT2D eigenvalue weighted by Gasteiger charge is -2.59. The second kappa shape index (κ2) is 4.34. The van der Waals surface area contributed by atoms with E-state index in [1.807, 2.05) is 25.7 Å². The van der Waals surface area contributed by atoms with Crippen LogP contribution in [0.2, 0.25) is 0 Å². The zero-order valence-corrected chi connectivity index (χ0v) is 12.3. The molecule has 4 fully saturated rings. The van der Waals surface area contributed by atoms with Crippen LogP contribution in [0.1, 0.15) is 27.2 Å². The summed E-state index contributed by atoms with van der Waals surface area (Å²) < 4.78 is 10.6. The Labute approximate surface area is 119 Å². The third-order valence-corrected chi connectivity index (χ3v) is 4.29. The molecule has 0 aromatic rings. The molecule has 4 aliphatic heterocycles. The zero-order chi connectivity index (χ0) is 14.5. The van der Waals surface area contributed by atoms with Crippen LogP contribution in [-0.4, -0.2) is 65.4 Å². The molecular weight excluding hydrogens is 258 g/mol. The molecule has 2 bridgehead atoms. The van der Waals surface area contributed by atoms with E-state index < -0.39 is 11.1 Å². The van der Waals surface area contributed by atoms with Gasteiger partial charge in [-0.05, 0) is 27.2 Å². The van der Waals surface area contributed by atoms with Crippen molar-refractivity contribution in [2.24, 2.45) is 0 Å². The molecule has 0 spiro atoms. The first-order valence-electron chi connectivity index (χ1n) is 7.10. The standard InChI is InChI=1S/C14H21N3O3/c1-13(2,3)20-12(18)17-10-4-11(17)6-16(5-10)14(7-15)8-19-9-14/h10-11H,4-6,8-9H2,1-3H3. The summed E-state index contributed by atoms with van der Waals surface area (Å²) in [5.41, 5.74) is -0.923. The van der Waals surface area contributed by atoms with E-state index in [1.54, 1.807) is 0 Å². The summed E-state index contributed by atoms with van der Waals surface area (Å²) in [6.07, 6.45) is 0.784. The van der Waals surface area contributed by atoms with Crippen molar-refractivity contribution in [3.05, 3.63) is 0 Å². The van der Waals surface area contributed by atoms with E-state index in [4.69, 9.17) is 9.47 Å². The Balaban J connectivity index is 1.63. The van der Waals surface area contributed by atoms with Gasteiger partial charge in [-0.1, -0.05) is 0 Å². The third kappa shape index (κ3) is 2.05. The predicted molar refractivity (Wildman–Crippen MR) is 71.0 cm³/mol. The third-order valence-electron chi connectivity index (χ3n) is 4.29. The second-order valence-corrected chi connectivity index (χ2v) is 6.97. The van der Waals surface area contributed by atoms with Crippen molar-refractivity contribution in [1.82, 2.24) is 9.80 Å². The SMILES string of the molecule is CC(C)(C)OC(=O)N1C2CC1CN(C1(C#N)COC1)C2. The Kier molecular flexibility index (Phi) is 2.96. The molecule has 2 unspecified atom stereocenters. The molecule has 0 aromatic heterocycles. The second-order valence-electron chi connectivity index (χ2n) is 6.97. The number of hydrogen-bond donors (Lipinski definition) is 0. The van der Waals surface area contributed by atoms with Gasteiger partial charge in [0, 0.05) is 13.1 Å². The minimum atomic E-state index is -0.462. The van der Waals surface area contributed by atoms with E-state index in [9.17, 15) is 10.1 Å². The number of nitrogens with zero attached hydrogens (tertiary/aromatic N) is 3. The largest absolute Gasteiger partial charge is 0.444 e. The number of nitriles is 1. The molecule has 0 N–H and O–H groups in total. The van der Waals surface area contributed by atoms with Gasteiger partial charge in [0.2, 0.25) is 0 Å². The van der Waals surface area contributed by atoms with Crippen LogP contribution in [0.25, 0.3) is 0 Å². The molecule has 4 aliphatic rings. The number of amides is 1. The summed E-state index contributed by atoms with van der Waals surface area (Å²) in [7, 11) is 0. The summed E-state index contributed by atoms with van der Waals surface area (Å²) >= 11 is 0. The number of rotatable bonds is 1. The van der Waals surface area contributed by atoms with Crippen LogP contribution in [0.15, 0.2) is 0 Å². The molecule has 4 rings (SSSR count). The van der Waals surface area contributed by atoms with Gasteiger partial charge in [0.25, 0.3) is 0 Å². The van der Waals surface area contributed by atoms with Gasteiger partial charge in [-0.2, -0.15) is 5.26 Å². The number of carbonyl (C=O) groups excluding carboxylic acids is 1. The topological polar surface area (TPSA) is 65.8 Å². The van der Waals surface area contributed by atoms with E-state index in [0.29, 0.717) is 13.2 Å². The molecule has 6 nitrogen and oxygen atoms in total. The van der Waals surface area contributed by atoms with Crippen LogP contribution in [0.4, 0.5) is 4.79 Å². The molecule has 0 saturated carbocycles. The Hall–Kier alpha value is -1.32. The van der Waals surface area contributed by atoms with Gasteiger partial charge in [0.05, 0.1) is 31.4 Å².